The first kappa shape index (κ1) is 18.6. The molecule has 1 aromatic heterocycles. The van der Waals surface area contributed by atoms with E-state index in [1.54, 1.807) is 18.2 Å². The number of nitrogens with zero attached hydrogens (tertiary/aromatic N) is 1. The molecule has 0 bridgehead atoms. The van der Waals surface area contributed by atoms with Crippen LogP contribution in [0.2, 0.25) is 0 Å². The molecule has 0 aliphatic carbocycles. The summed E-state index contributed by atoms with van der Waals surface area (Å²) in [5, 5.41) is 3.28. The van der Waals surface area contributed by atoms with Crippen LogP contribution < -0.4 is 15.6 Å². The lowest BCUT2D eigenvalue weighted by Gasteiger charge is -2.08. The van der Waals surface area contributed by atoms with E-state index in [4.69, 9.17) is 9.47 Å². The van der Waals surface area contributed by atoms with Crippen LogP contribution in [-0.4, -0.2) is 35.6 Å². The average Bonchev–Trinajstić information content (AvgIpc) is 2.69. The van der Waals surface area contributed by atoms with E-state index in [1.807, 2.05) is 36.4 Å². The van der Waals surface area contributed by atoms with Crippen molar-refractivity contribution in [3.05, 3.63) is 70.8 Å². The van der Waals surface area contributed by atoms with Gasteiger partial charge >= 0.3 is 0 Å². The minimum absolute atomic E-state index is 0.0601. The number of H-pyrrole nitrogens is 1. The number of nitrogens with one attached hydrogen (secondary N) is 2. The Morgan fingerprint density at radius 1 is 1.07 bits per heavy atom. The molecule has 0 unspecified atom stereocenters. The predicted molar refractivity (Wildman–Crippen MR) is 102 cm³/mol. The highest BCUT2D eigenvalue weighted by molar-refractivity contribution is 5.77. The van der Waals surface area contributed by atoms with Crippen molar-refractivity contribution < 1.29 is 14.3 Å². The number of aromatic nitrogens is 2. The largest absolute Gasteiger partial charge is 0.494 e. The summed E-state index contributed by atoms with van der Waals surface area (Å²) in [5.41, 5.74) is 0.379. The maximum Gasteiger partial charge on any atom is 0.258 e. The summed E-state index contributed by atoms with van der Waals surface area (Å²) in [6.45, 7) is 0.980. The van der Waals surface area contributed by atoms with E-state index >= 15 is 0 Å². The van der Waals surface area contributed by atoms with Crippen LogP contribution in [0.25, 0.3) is 10.9 Å². The van der Waals surface area contributed by atoms with Gasteiger partial charge in [0.1, 0.15) is 24.8 Å². The van der Waals surface area contributed by atoms with Gasteiger partial charge in [-0.25, -0.2) is 4.98 Å². The third kappa shape index (κ3) is 5.65. The van der Waals surface area contributed by atoms with E-state index in [-0.39, 0.29) is 24.7 Å². The zero-order valence-corrected chi connectivity index (χ0v) is 14.8. The smallest absolute Gasteiger partial charge is 0.258 e. The normalized spacial score (nSPS) is 10.7. The van der Waals surface area contributed by atoms with Gasteiger partial charge in [0.2, 0.25) is 5.91 Å². The number of carbonyl (C=O) groups excluding carboxylic acids is 1. The number of amides is 1. The first-order chi connectivity index (χ1) is 13.2. The fourth-order valence-electron chi connectivity index (χ4n) is 2.50. The van der Waals surface area contributed by atoms with Crippen molar-refractivity contribution in [1.29, 1.82) is 0 Å². The molecule has 27 heavy (non-hydrogen) atoms. The van der Waals surface area contributed by atoms with E-state index in [2.05, 4.69) is 15.3 Å². The molecule has 3 rings (SSSR count). The van der Waals surface area contributed by atoms with Gasteiger partial charge in [0.25, 0.3) is 5.56 Å². The molecule has 0 saturated heterocycles. The summed E-state index contributed by atoms with van der Waals surface area (Å²) in [4.78, 5) is 30.7. The fraction of sp³-hybridized carbons (Fsp3) is 0.250. The molecule has 0 aliphatic rings. The van der Waals surface area contributed by atoms with Crippen molar-refractivity contribution in [1.82, 2.24) is 15.3 Å². The molecule has 0 spiro atoms. The van der Waals surface area contributed by atoms with Crippen LogP contribution in [-0.2, 0) is 16.1 Å². The number of rotatable bonds is 9. The predicted octanol–water partition coefficient (Wildman–Crippen LogP) is 2.02. The second kappa shape index (κ2) is 9.49. The Morgan fingerprint density at radius 2 is 1.85 bits per heavy atom. The molecule has 2 aromatic carbocycles. The molecule has 3 aromatic rings. The number of carbonyl (C=O) groups is 1. The SMILES string of the molecule is O=C(COCc1nc2ccccc2c(=O)[nH]1)NCCCOc1ccccc1. The highest BCUT2D eigenvalue weighted by Crippen LogP contribution is 2.08. The molecule has 1 heterocycles. The zero-order chi connectivity index (χ0) is 18.9. The van der Waals surface area contributed by atoms with Gasteiger partial charge in [0, 0.05) is 6.54 Å². The lowest BCUT2D eigenvalue weighted by Crippen LogP contribution is -2.29. The van der Waals surface area contributed by atoms with Crippen LogP contribution in [0.1, 0.15) is 12.2 Å². The molecule has 2 N–H and O–H groups in total. The van der Waals surface area contributed by atoms with Crippen LogP contribution in [0.15, 0.2) is 59.4 Å². The minimum Gasteiger partial charge on any atom is -0.494 e. The molecule has 0 aliphatic heterocycles. The van der Waals surface area contributed by atoms with E-state index in [1.165, 1.54) is 0 Å². The molecular formula is C20H21N3O4. The van der Waals surface area contributed by atoms with E-state index in [9.17, 15) is 9.59 Å². The fourth-order valence-corrected chi connectivity index (χ4v) is 2.50. The van der Waals surface area contributed by atoms with Gasteiger partial charge in [-0.2, -0.15) is 0 Å². The first-order valence-electron chi connectivity index (χ1n) is 8.72. The molecule has 0 radical (unpaired) electrons. The number of hydrogen-bond donors (Lipinski definition) is 2. The van der Waals surface area contributed by atoms with Crippen LogP contribution in [0.4, 0.5) is 0 Å². The quantitative estimate of drug-likeness (QED) is 0.565. The average molecular weight is 367 g/mol. The van der Waals surface area contributed by atoms with Gasteiger partial charge in [-0.3, -0.25) is 9.59 Å². The van der Waals surface area contributed by atoms with Crippen molar-refractivity contribution in [2.45, 2.75) is 13.0 Å². The van der Waals surface area contributed by atoms with Gasteiger partial charge in [0.05, 0.1) is 17.5 Å². The minimum atomic E-state index is -0.224. The molecule has 0 saturated carbocycles. The number of para-hydroxylation sites is 2. The molecule has 140 valence electrons. The van der Waals surface area contributed by atoms with Crippen molar-refractivity contribution in [3.8, 4) is 5.75 Å². The highest BCUT2D eigenvalue weighted by atomic mass is 16.5. The topological polar surface area (TPSA) is 93.3 Å². The maximum absolute atomic E-state index is 12.0. The van der Waals surface area contributed by atoms with Gasteiger partial charge in [0.15, 0.2) is 0 Å². The van der Waals surface area contributed by atoms with E-state index in [0.29, 0.717) is 36.3 Å². The number of ether oxygens (including phenoxy) is 2. The third-order valence-corrected chi connectivity index (χ3v) is 3.79. The number of benzene rings is 2. The number of hydrogen-bond acceptors (Lipinski definition) is 5. The lowest BCUT2D eigenvalue weighted by molar-refractivity contribution is -0.126. The Hall–Kier alpha value is -3.19. The Labute approximate surface area is 156 Å². The summed E-state index contributed by atoms with van der Waals surface area (Å²) in [5.74, 6) is 0.977. The Balaban J connectivity index is 1.34. The van der Waals surface area contributed by atoms with Crippen LogP contribution in [0.5, 0.6) is 5.75 Å². The summed E-state index contributed by atoms with van der Waals surface area (Å²) < 4.78 is 10.9. The summed E-state index contributed by atoms with van der Waals surface area (Å²) in [7, 11) is 0. The Bertz CT molecular complexity index is 941. The van der Waals surface area contributed by atoms with Gasteiger partial charge in [-0.15, -0.1) is 0 Å². The van der Waals surface area contributed by atoms with E-state index < -0.39 is 0 Å². The van der Waals surface area contributed by atoms with Gasteiger partial charge < -0.3 is 19.8 Å². The standard InChI is InChI=1S/C20H21N3O4/c24-19(21-11-6-12-27-15-7-2-1-3-8-15)14-26-13-18-22-17-10-5-4-9-16(17)20(25)23-18/h1-5,7-10H,6,11-14H2,(H,21,24)(H,22,23,25). The summed E-state index contributed by atoms with van der Waals surface area (Å²) in [6.07, 6.45) is 0.695. The second-order valence-electron chi connectivity index (χ2n) is 5.89. The molecule has 7 heteroatoms. The highest BCUT2D eigenvalue weighted by Gasteiger charge is 2.05. The first-order valence-corrected chi connectivity index (χ1v) is 8.72. The summed E-state index contributed by atoms with van der Waals surface area (Å²) in [6, 6.07) is 16.6. The third-order valence-electron chi connectivity index (χ3n) is 3.79. The Kier molecular flexibility index (Phi) is 6.54. The molecule has 0 atom stereocenters. The molecule has 0 fully saturated rings. The Morgan fingerprint density at radius 3 is 2.70 bits per heavy atom. The monoisotopic (exact) mass is 367 g/mol. The summed E-state index contributed by atoms with van der Waals surface area (Å²) >= 11 is 0. The van der Waals surface area contributed by atoms with E-state index in [0.717, 1.165) is 5.75 Å². The van der Waals surface area contributed by atoms with Crippen LogP contribution in [0, 0.1) is 0 Å². The van der Waals surface area contributed by atoms with Crippen molar-refractivity contribution >= 4 is 16.8 Å². The van der Waals surface area contributed by atoms with Crippen molar-refractivity contribution in [2.24, 2.45) is 0 Å². The van der Waals surface area contributed by atoms with Crippen LogP contribution in [0.3, 0.4) is 0 Å². The maximum atomic E-state index is 12.0. The van der Waals surface area contributed by atoms with Crippen LogP contribution >= 0.6 is 0 Å². The molecule has 1 amide bonds. The van der Waals surface area contributed by atoms with Crippen molar-refractivity contribution in [3.63, 3.8) is 0 Å². The zero-order valence-electron chi connectivity index (χ0n) is 14.8. The van der Waals surface area contributed by atoms with Gasteiger partial charge in [-0.1, -0.05) is 30.3 Å². The van der Waals surface area contributed by atoms with Crippen molar-refractivity contribution in [2.75, 3.05) is 19.8 Å². The number of aromatic amines is 1. The molecule has 7 nitrogen and oxygen atoms in total. The lowest BCUT2D eigenvalue weighted by atomic mass is 10.2. The van der Waals surface area contributed by atoms with Gasteiger partial charge in [-0.05, 0) is 30.7 Å². The second-order valence-corrected chi connectivity index (χ2v) is 5.89. The number of fused-ring (bicyclic) bond motifs is 1. The molecular weight excluding hydrogens is 346 g/mol.